The Morgan fingerprint density at radius 1 is 1.05 bits per heavy atom. The second-order valence-corrected chi connectivity index (χ2v) is 4.10. The third kappa shape index (κ3) is 5.68. The summed E-state index contributed by atoms with van der Waals surface area (Å²) < 4.78 is 5.00. The van der Waals surface area contributed by atoms with Crippen molar-refractivity contribution in [2.24, 2.45) is 0 Å². The Hall–Kier alpha value is -2.12. The normalized spacial score (nSPS) is 9.95. The first-order valence-electron chi connectivity index (χ1n) is 6.74. The third-order valence-corrected chi connectivity index (χ3v) is 2.31. The van der Waals surface area contributed by atoms with Gasteiger partial charge in [-0.25, -0.2) is 0 Å². The molecule has 0 fully saturated rings. The van der Waals surface area contributed by atoms with Crippen LogP contribution < -0.4 is 20.7 Å². The molecule has 0 saturated heterocycles. The van der Waals surface area contributed by atoms with Crippen LogP contribution in [0.4, 0.5) is 11.9 Å². The number of hydrogen-bond donors (Lipinski definition) is 3. The minimum absolute atomic E-state index is 0.103. The molecule has 8 nitrogen and oxygen atoms in total. The monoisotopic (exact) mass is 282 g/mol. The molecule has 0 bridgehead atoms. The summed E-state index contributed by atoms with van der Waals surface area (Å²) in [5.74, 6) is 0.631. The van der Waals surface area contributed by atoms with Gasteiger partial charge < -0.3 is 20.7 Å². The fourth-order valence-electron chi connectivity index (χ4n) is 1.33. The molecule has 1 aromatic heterocycles. The molecule has 0 atom stereocenters. The number of carbonyl (C=O) groups excluding carboxylic acids is 1. The molecule has 8 heteroatoms. The first kappa shape index (κ1) is 15.9. The first-order chi connectivity index (χ1) is 9.69. The number of aromatic nitrogens is 3. The van der Waals surface area contributed by atoms with E-state index in [1.165, 1.54) is 7.11 Å². The lowest BCUT2D eigenvalue weighted by Gasteiger charge is -2.09. The van der Waals surface area contributed by atoms with Crippen molar-refractivity contribution in [1.29, 1.82) is 0 Å². The molecule has 0 radical (unpaired) electrons. The van der Waals surface area contributed by atoms with Crippen LogP contribution in [0.3, 0.4) is 0 Å². The molecule has 3 N–H and O–H groups in total. The van der Waals surface area contributed by atoms with Crippen LogP contribution in [0.15, 0.2) is 0 Å². The van der Waals surface area contributed by atoms with Gasteiger partial charge in [-0.15, -0.1) is 0 Å². The molecule has 112 valence electrons. The molecule has 0 saturated carbocycles. The van der Waals surface area contributed by atoms with Gasteiger partial charge in [-0.05, 0) is 12.8 Å². The zero-order valence-electron chi connectivity index (χ0n) is 12.2. The van der Waals surface area contributed by atoms with E-state index in [2.05, 4.69) is 30.9 Å². The van der Waals surface area contributed by atoms with Crippen LogP contribution in [-0.2, 0) is 4.79 Å². The fraction of sp³-hybridized carbons (Fsp3) is 0.667. The van der Waals surface area contributed by atoms with Crippen LogP contribution >= 0.6 is 0 Å². The zero-order chi connectivity index (χ0) is 14.8. The van der Waals surface area contributed by atoms with Gasteiger partial charge in [0.2, 0.25) is 17.8 Å². The summed E-state index contributed by atoms with van der Waals surface area (Å²) in [5, 5.41) is 8.66. The lowest BCUT2D eigenvalue weighted by molar-refractivity contribution is -0.119. The van der Waals surface area contributed by atoms with E-state index in [0.717, 1.165) is 19.4 Å². The lowest BCUT2D eigenvalue weighted by Crippen LogP contribution is -2.30. The van der Waals surface area contributed by atoms with Crippen molar-refractivity contribution < 1.29 is 9.53 Å². The average Bonchev–Trinajstić information content (AvgIpc) is 2.48. The van der Waals surface area contributed by atoms with Crippen molar-refractivity contribution >= 4 is 17.8 Å². The number of ether oxygens (including phenoxy) is 1. The van der Waals surface area contributed by atoms with Crippen LogP contribution in [-0.4, -0.2) is 47.6 Å². The smallest absolute Gasteiger partial charge is 0.322 e. The molecule has 1 amide bonds. The van der Waals surface area contributed by atoms with Crippen molar-refractivity contribution in [3.8, 4) is 6.01 Å². The van der Waals surface area contributed by atoms with Crippen molar-refractivity contribution in [2.45, 2.75) is 26.7 Å². The fourth-order valence-corrected chi connectivity index (χ4v) is 1.33. The molecule has 0 spiro atoms. The Kier molecular flexibility index (Phi) is 7.08. The van der Waals surface area contributed by atoms with E-state index in [0.29, 0.717) is 18.4 Å². The first-order valence-corrected chi connectivity index (χ1v) is 6.74. The minimum Gasteiger partial charge on any atom is -0.467 e. The number of rotatable bonds is 9. The van der Waals surface area contributed by atoms with E-state index < -0.39 is 0 Å². The van der Waals surface area contributed by atoms with Gasteiger partial charge in [0, 0.05) is 13.1 Å². The van der Waals surface area contributed by atoms with Crippen LogP contribution in [0.5, 0.6) is 6.01 Å². The molecule has 1 aromatic rings. The van der Waals surface area contributed by atoms with Gasteiger partial charge in [0.25, 0.3) is 0 Å². The number of carbonyl (C=O) groups is 1. The van der Waals surface area contributed by atoms with E-state index in [1.807, 2.05) is 13.8 Å². The SMILES string of the molecule is CCCNC(=O)CNc1nc(NCCC)nc(OC)n1. The number of nitrogens with one attached hydrogen (secondary N) is 3. The largest absolute Gasteiger partial charge is 0.467 e. The summed E-state index contributed by atoms with van der Waals surface area (Å²) >= 11 is 0. The Balaban J connectivity index is 2.61. The van der Waals surface area contributed by atoms with Gasteiger partial charge >= 0.3 is 6.01 Å². The molecule has 0 aliphatic carbocycles. The third-order valence-electron chi connectivity index (χ3n) is 2.31. The van der Waals surface area contributed by atoms with Crippen molar-refractivity contribution in [3.05, 3.63) is 0 Å². The van der Waals surface area contributed by atoms with Gasteiger partial charge in [0.05, 0.1) is 13.7 Å². The van der Waals surface area contributed by atoms with Crippen LogP contribution in [0, 0.1) is 0 Å². The Morgan fingerprint density at radius 2 is 1.70 bits per heavy atom. The predicted octanol–water partition coefficient (Wildman–Crippen LogP) is 0.640. The maximum Gasteiger partial charge on any atom is 0.322 e. The molecule has 0 unspecified atom stereocenters. The zero-order valence-corrected chi connectivity index (χ0v) is 12.2. The lowest BCUT2D eigenvalue weighted by atomic mass is 10.4. The Labute approximate surface area is 118 Å². The summed E-state index contributed by atoms with van der Waals surface area (Å²) in [6.45, 7) is 5.56. The highest BCUT2D eigenvalue weighted by molar-refractivity contribution is 5.80. The van der Waals surface area contributed by atoms with Crippen molar-refractivity contribution in [2.75, 3.05) is 37.4 Å². The number of hydrogen-bond acceptors (Lipinski definition) is 7. The van der Waals surface area contributed by atoms with Gasteiger partial charge in [0.15, 0.2) is 0 Å². The van der Waals surface area contributed by atoms with Gasteiger partial charge in [0.1, 0.15) is 0 Å². The maximum absolute atomic E-state index is 11.5. The summed E-state index contributed by atoms with van der Waals surface area (Å²) in [7, 11) is 1.48. The Bertz CT molecular complexity index is 426. The molecule has 0 aliphatic heterocycles. The van der Waals surface area contributed by atoms with Gasteiger partial charge in [-0.3, -0.25) is 4.79 Å². The number of methoxy groups -OCH3 is 1. The van der Waals surface area contributed by atoms with Crippen molar-refractivity contribution in [3.63, 3.8) is 0 Å². The number of nitrogens with zero attached hydrogens (tertiary/aromatic N) is 3. The standard InChI is InChI=1S/C12H22N6O2/c1-4-6-13-9(19)8-15-11-16-10(14-7-5-2)17-12(18-11)20-3/h4-8H2,1-3H3,(H,13,19)(H2,14,15,16,17,18). The van der Waals surface area contributed by atoms with Crippen molar-refractivity contribution in [1.82, 2.24) is 20.3 Å². The van der Waals surface area contributed by atoms with E-state index in [1.54, 1.807) is 0 Å². The van der Waals surface area contributed by atoms with E-state index in [-0.39, 0.29) is 18.5 Å². The number of amides is 1. The highest BCUT2D eigenvalue weighted by Gasteiger charge is 2.07. The van der Waals surface area contributed by atoms with E-state index in [9.17, 15) is 4.79 Å². The van der Waals surface area contributed by atoms with Crippen LogP contribution in [0.2, 0.25) is 0 Å². The molecule has 1 heterocycles. The van der Waals surface area contributed by atoms with Crippen LogP contribution in [0.1, 0.15) is 26.7 Å². The van der Waals surface area contributed by atoms with E-state index >= 15 is 0 Å². The van der Waals surface area contributed by atoms with Crippen LogP contribution in [0.25, 0.3) is 0 Å². The highest BCUT2D eigenvalue weighted by Crippen LogP contribution is 2.10. The number of anilines is 2. The molecular formula is C12H22N6O2. The topological polar surface area (TPSA) is 101 Å². The van der Waals surface area contributed by atoms with E-state index in [4.69, 9.17) is 4.74 Å². The Morgan fingerprint density at radius 3 is 2.30 bits per heavy atom. The predicted molar refractivity (Wildman–Crippen MR) is 77.0 cm³/mol. The summed E-state index contributed by atoms with van der Waals surface area (Å²) in [6.07, 6.45) is 1.85. The molecule has 0 aliphatic rings. The summed E-state index contributed by atoms with van der Waals surface area (Å²) in [5.41, 5.74) is 0. The molecule has 0 aromatic carbocycles. The second kappa shape index (κ2) is 8.89. The quantitative estimate of drug-likeness (QED) is 0.611. The summed E-state index contributed by atoms with van der Waals surface area (Å²) in [6, 6.07) is 0.204. The minimum atomic E-state index is -0.103. The summed E-state index contributed by atoms with van der Waals surface area (Å²) in [4.78, 5) is 23.8. The average molecular weight is 282 g/mol. The highest BCUT2D eigenvalue weighted by atomic mass is 16.5. The molecular weight excluding hydrogens is 260 g/mol. The maximum atomic E-state index is 11.5. The van der Waals surface area contributed by atoms with Gasteiger partial charge in [-0.1, -0.05) is 13.8 Å². The molecule has 20 heavy (non-hydrogen) atoms. The second-order valence-electron chi connectivity index (χ2n) is 4.10. The molecule has 1 rings (SSSR count). The van der Waals surface area contributed by atoms with Gasteiger partial charge in [-0.2, -0.15) is 15.0 Å².